The smallest absolute Gasteiger partial charge is 0.341 e. The minimum atomic E-state index is -1.34. The number of carboxylic acid groups (broad SMARTS) is 2. The number of nitrogens with one attached hydrogen (secondary N) is 3. The Morgan fingerprint density at radius 1 is 0.846 bits per heavy atom. The number of aliphatic carboxylic acids is 1. The minimum Gasteiger partial charge on any atom is -0.481 e. The summed E-state index contributed by atoms with van der Waals surface area (Å²) < 4.78 is 5.06. The molecule has 2 aromatic carbocycles. The third-order valence-electron chi connectivity index (χ3n) is 5.75. The van der Waals surface area contributed by atoms with Crippen molar-refractivity contribution in [3.8, 4) is 5.75 Å². The molecule has 0 aromatic heterocycles. The fourth-order valence-electron chi connectivity index (χ4n) is 3.87. The normalized spacial score (nSPS) is 12.1. The van der Waals surface area contributed by atoms with Gasteiger partial charge in [0.25, 0.3) is 0 Å². The molecular weight excluding hydrogens is 506 g/mol. The molecule has 1 unspecified atom stereocenters. The van der Waals surface area contributed by atoms with Gasteiger partial charge in [0.15, 0.2) is 6.61 Å². The van der Waals surface area contributed by atoms with Crippen LogP contribution >= 0.6 is 0 Å². The van der Waals surface area contributed by atoms with E-state index in [1.165, 1.54) is 25.1 Å². The highest BCUT2D eigenvalue weighted by Crippen LogP contribution is 2.21. The Balaban J connectivity index is 2.28. The number of rotatable bonds is 16. The van der Waals surface area contributed by atoms with Crippen molar-refractivity contribution in [2.24, 2.45) is 0 Å². The molecule has 11 nitrogen and oxygen atoms in total. The second kappa shape index (κ2) is 15.8. The van der Waals surface area contributed by atoms with E-state index < -0.39 is 48.4 Å². The van der Waals surface area contributed by atoms with Crippen LogP contribution in [0.15, 0.2) is 48.5 Å². The van der Waals surface area contributed by atoms with Crippen molar-refractivity contribution in [1.29, 1.82) is 0 Å². The maximum atomic E-state index is 13.3. The summed E-state index contributed by atoms with van der Waals surface area (Å²) in [6.45, 7) is 3.01. The largest absolute Gasteiger partial charge is 0.481 e. The molecule has 3 amide bonds. The molecule has 5 N–H and O–H groups in total. The van der Waals surface area contributed by atoms with Crippen LogP contribution in [-0.2, 0) is 32.0 Å². The number of carbonyl (C=O) groups is 5. The Hall–Kier alpha value is -4.41. The highest BCUT2D eigenvalue weighted by molar-refractivity contribution is 5.93. The Bertz CT molecular complexity index is 1150. The highest BCUT2D eigenvalue weighted by atomic mass is 16.5. The Morgan fingerprint density at radius 3 is 2.13 bits per heavy atom. The minimum absolute atomic E-state index is 0.0526. The molecule has 0 saturated heterocycles. The molecule has 210 valence electrons. The predicted molar refractivity (Wildman–Crippen MR) is 142 cm³/mol. The van der Waals surface area contributed by atoms with E-state index in [1.54, 1.807) is 0 Å². The van der Waals surface area contributed by atoms with Crippen molar-refractivity contribution in [3.63, 3.8) is 0 Å². The zero-order valence-electron chi connectivity index (χ0n) is 22.1. The lowest BCUT2D eigenvalue weighted by Gasteiger charge is -2.23. The first-order valence-corrected chi connectivity index (χ1v) is 12.7. The van der Waals surface area contributed by atoms with Crippen molar-refractivity contribution < 1.29 is 38.9 Å². The third kappa shape index (κ3) is 10.8. The number of hydrogen-bond acceptors (Lipinski definition) is 6. The van der Waals surface area contributed by atoms with Gasteiger partial charge in [-0.1, -0.05) is 56.2 Å². The van der Waals surface area contributed by atoms with Gasteiger partial charge in [-0.05, 0) is 29.7 Å². The van der Waals surface area contributed by atoms with Crippen molar-refractivity contribution in [2.45, 2.75) is 58.0 Å². The summed E-state index contributed by atoms with van der Waals surface area (Å²) >= 11 is 0. The van der Waals surface area contributed by atoms with Gasteiger partial charge in [-0.15, -0.1) is 0 Å². The average molecular weight is 542 g/mol. The van der Waals surface area contributed by atoms with Gasteiger partial charge in [-0.2, -0.15) is 0 Å². The van der Waals surface area contributed by atoms with Gasteiger partial charge in [-0.3, -0.25) is 14.4 Å². The van der Waals surface area contributed by atoms with Crippen molar-refractivity contribution >= 4 is 29.7 Å². The van der Waals surface area contributed by atoms with E-state index in [2.05, 4.69) is 16.0 Å². The second-order valence-corrected chi connectivity index (χ2v) is 9.02. The van der Waals surface area contributed by atoms with E-state index in [9.17, 15) is 29.1 Å². The summed E-state index contributed by atoms with van der Waals surface area (Å²) in [5, 5.41) is 26.6. The van der Waals surface area contributed by atoms with Gasteiger partial charge >= 0.3 is 11.9 Å². The molecule has 0 radical (unpaired) electrons. The quantitative estimate of drug-likeness (QED) is 0.201. The standard InChI is InChI=1S/C28H35N3O8/c1-3-4-8-13-29-26(35)22(16-20-11-12-24(39-17-25(33)34)21(14-20)28(37)38)31-27(36)23(30-18(2)32)15-19-9-6-5-7-10-19/h5-7,9-12,14,22-23H,3-4,8,13,15-17H2,1-2H3,(H,29,35)(H,30,32)(H,31,36)(H,33,34)(H,37,38)/t22-,23?/m0/s1. The number of unbranched alkanes of at least 4 members (excludes halogenated alkanes) is 2. The number of carboxylic acids is 2. The average Bonchev–Trinajstić information content (AvgIpc) is 2.89. The molecule has 39 heavy (non-hydrogen) atoms. The zero-order valence-corrected chi connectivity index (χ0v) is 22.1. The third-order valence-corrected chi connectivity index (χ3v) is 5.75. The lowest BCUT2D eigenvalue weighted by atomic mass is 10.0. The van der Waals surface area contributed by atoms with Crippen LogP contribution in [0.4, 0.5) is 0 Å². The van der Waals surface area contributed by atoms with Crippen LogP contribution in [0.25, 0.3) is 0 Å². The molecule has 0 aliphatic carbocycles. The topological polar surface area (TPSA) is 171 Å². The lowest BCUT2D eigenvalue weighted by Crippen LogP contribution is -2.55. The number of hydrogen-bond donors (Lipinski definition) is 5. The van der Waals surface area contributed by atoms with Gasteiger partial charge in [0.2, 0.25) is 17.7 Å². The van der Waals surface area contributed by atoms with Crippen LogP contribution in [0.1, 0.15) is 54.6 Å². The number of benzene rings is 2. The van der Waals surface area contributed by atoms with Crippen molar-refractivity contribution in [3.05, 3.63) is 65.2 Å². The van der Waals surface area contributed by atoms with Gasteiger partial charge in [0, 0.05) is 26.3 Å². The summed E-state index contributed by atoms with van der Waals surface area (Å²) in [5.74, 6) is -4.16. The van der Waals surface area contributed by atoms with Crippen LogP contribution in [0, 0.1) is 0 Å². The summed E-state index contributed by atoms with van der Waals surface area (Å²) in [7, 11) is 0. The molecule has 11 heteroatoms. The molecule has 0 bridgehead atoms. The molecule has 0 heterocycles. The maximum absolute atomic E-state index is 13.3. The summed E-state index contributed by atoms with van der Waals surface area (Å²) in [4.78, 5) is 60.8. The van der Waals surface area contributed by atoms with Gasteiger partial charge in [0.1, 0.15) is 23.4 Å². The van der Waals surface area contributed by atoms with Crippen LogP contribution in [0.3, 0.4) is 0 Å². The first-order valence-electron chi connectivity index (χ1n) is 12.7. The Labute approximate surface area is 226 Å². The molecule has 0 spiro atoms. The predicted octanol–water partition coefficient (Wildman–Crippen LogP) is 1.93. The van der Waals surface area contributed by atoms with E-state index in [-0.39, 0.29) is 24.2 Å². The number of carbonyl (C=O) groups excluding carboxylic acids is 3. The molecule has 2 rings (SSSR count). The van der Waals surface area contributed by atoms with E-state index in [4.69, 9.17) is 9.84 Å². The van der Waals surface area contributed by atoms with Crippen molar-refractivity contribution in [1.82, 2.24) is 16.0 Å². The van der Waals surface area contributed by atoms with Gasteiger partial charge in [0.05, 0.1) is 0 Å². The van der Waals surface area contributed by atoms with Crippen molar-refractivity contribution in [2.75, 3.05) is 13.2 Å². The lowest BCUT2D eigenvalue weighted by molar-refractivity contribution is -0.139. The molecule has 0 aliphatic rings. The van der Waals surface area contributed by atoms with E-state index in [0.717, 1.165) is 24.8 Å². The summed E-state index contributed by atoms with van der Waals surface area (Å²) in [6.07, 6.45) is 2.78. The zero-order chi connectivity index (χ0) is 28.8. The first-order chi connectivity index (χ1) is 18.6. The number of amides is 3. The molecule has 0 saturated carbocycles. The van der Waals surface area contributed by atoms with Crippen LogP contribution < -0.4 is 20.7 Å². The summed E-state index contributed by atoms with van der Waals surface area (Å²) in [5.41, 5.74) is 0.945. The van der Waals surface area contributed by atoms with Gasteiger partial charge in [-0.25, -0.2) is 9.59 Å². The van der Waals surface area contributed by atoms with E-state index in [1.807, 2.05) is 37.3 Å². The monoisotopic (exact) mass is 541 g/mol. The summed E-state index contributed by atoms with van der Waals surface area (Å²) in [6, 6.07) is 11.2. The number of aromatic carboxylic acids is 1. The second-order valence-electron chi connectivity index (χ2n) is 9.02. The SMILES string of the molecule is CCCCCNC(=O)[C@H](Cc1ccc(OCC(=O)O)c(C(=O)O)c1)NC(=O)C(Cc1ccccc1)NC(C)=O. The fraction of sp³-hybridized carbons (Fsp3) is 0.393. The molecule has 2 atom stereocenters. The maximum Gasteiger partial charge on any atom is 0.341 e. The highest BCUT2D eigenvalue weighted by Gasteiger charge is 2.27. The molecular formula is C28H35N3O8. The Kier molecular flexibility index (Phi) is 12.4. The van der Waals surface area contributed by atoms with E-state index in [0.29, 0.717) is 12.1 Å². The van der Waals surface area contributed by atoms with E-state index >= 15 is 0 Å². The van der Waals surface area contributed by atoms with Crippen LogP contribution in [0.5, 0.6) is 5.75 Å². The van der Waals surface area contributed by atoms with Crippen LogP contribution in [0.2, 0.25) is 0 Å². The molecule has 0 aliphatic heterocycles. The van der Waals surface area contributed by atoms with Gasteiger partial charge < -0.3 is 30.9 Å². The molecule has 2 aromatic rings. The fourth-order valence-corrected chi connectivity index (χ4v) is 3.87. The first kappa shape index (κ1) is 30.8. The Morgan fingerprint density at radius 2 is 1.51 bits per heavy atom. The number of ether oxygens (including phenoxy) is 1. The molecule has 0 fully saturated rings. The van der Waals surface area contributed by atoms with Crippen LogP contribution in [-0.4, -0.2) is 65.1 Å².